The third-order valence-corrected chi connectivity index (χ3v) is 4.75. The molecule has 3 amide bonds. The summed E-state index contributed by atoms with van der Waals surface area (Å²) in [6, 6.07) is 14.4. The van der Waals surface area contributed by atoms with E-state index in [1.54, 1.807) is 12.1 Å². The van der Waals surface area contributed by atoms with E-state index in [-0.39, 0.29) is 5.91 Å². The standard InChI is InChI=1S/C19H21ClN4O2/c20-16-3-1-2-4-17(16)23-9-11-24(12-10-23)18(25)15-7-5-14(6-8-15)13-22-19(21)26/h1-8H,9-13H2,(H3,21,22,26). The molecule has 3 N–H and O–H groups in total. The summed E-state index contributed by atoms with van der Waals surface area (Å²) < 4.78 is 0. The fourth-order valence-corrected chi connectivity index (χ4v) is 3.25. The summed E-state index contributed by atoms with van der Waals surface area (Å²) >= 11 is 6.26. The van der Waals surface area contributed by atoms with Crippen molar-refractivity contribution in [2.24, 2.45) is 5.73 Å². The minimum absolute atomic E-state index is 0.0122. The Morgan fingerprint density at radius 1 is 1.00 bits per heavy atom. The van der Waals surface area contributed by atoms with Crippen molar-refractivity contribution in [1.82, 2.24) is 10.2 Å². The molecule has 0 bridgehead atoms. The van der Waals surface area contributed by atoms with Crippen LogP contribution in [0.25, 0.3) is 0 Å². The van der Waals surface area contributed by atoms with E-state index in [0.717, 1.165) is 29.4 Å². The van der Waals surface area contributed by atoms with Crippen LogP contribution in [0.5, 0.6) is 0 Å². The Balaban J connectivity index is 1.58. The number of benzene rings is 2. The maximum Gasteiger partial charge on any atom is 0.312 e. The van der Waals surface area contributed by atoms with Gasteiger partial charge in [-0.2, -0.15) is 0 Å². The van der Waals surface area contributed by atoms with Gasteiger partial charge in [-0.25, -0.2) is 4.79 Å². The Kier molecular flexibility index (Phi) is 5.63. The summed E-state index contributed by atoms with van der Waals surface area (Å²) in [7, 11) is 0. The van der Waals surface area contributed by atoms with Gasteiger partial charge >= 0.3 is 6.03 Å². The maximum atomic E-state index is 12.7. The lowest BCUT2D eigenvalue weighted by Gasteiger charge is -2.36. The number of para-hydroxylation sites is 1. The first-order chi connectivity index (χ1) is 12.5. The molecule has 6 nitrogen and oxygen atoms in total. The second kappa shape index (κ2) is 8.10. The van der Waals surface area contributed by atoms with Gasteiger partial charge in [-0.15, -0.1) is 0 Å². The number of nitrogens with one attached hydrogen (secondary N) is 1. The summed E-state index contributed by atoms with van der Waals surface area (Å²) in [6.45, 7) is 3.14. The molecule has 2 aromatic carbocycles. The third kappa shape index (κ3) is 4.26. The number of rotatable bonds is 4. The van der Waals surface area contributed by atoms with E-state index in [2.05, 4.69) is 10.2 Å². The number of nitrogens with zero attached hydrogens (tertiary/aromatic N) is 2. The largest absolute Gasteiger partial charge is 0.367 e. The fourth-order valence-electron chi connectivity index (χ4n) is 3.00. The van der Waals surface area contributed by atoms with E-state index < -0.39 is 6.03 Å². The number of hydrogen-bond acceptors (Lipinski definition) is 3. The molecule has 0 aliphatic carbocycles. The molecular formula is C19H21ClN4O2. The zero-order valence-corrected chi connectivity index (χ0v) is 15.1. The quantitative estimate of drug-likeness (QED) is 0.865. The molecule has 3 rings (SSSR count). The van der Waals surface area contributed by atoms with Crippen molar-refractivity contribution in [3.63, 3.8) is 0 Å². The first kappa shape index (κ1) is 18.1. The van der Waals surface area contributed by atoms with E-state index in [9.17, 15) is 9.59 Å². The van der Waals surface area contributed by atoms with Gasteiger partial charge in [0.05, 0.1) is 10.7 Å². The average molecular weight is 373 g/mol. The highest BCUT2D eigenvalue weighted by Gasteiger charge is 2.23. The third-order valence-electron chi connectivity index (χ3n) is 4.43. The fraction of sp³-hybridized carbons (Fsp3) is 0.263. The maximum absolute atomic E-state index is 12.7. The van der Waals surface area contributed by atoms with Gasteiger partial charge in [0.2, 0.25) is 0 Å². The number of nitrogens with two attached hydrogens (primary N) is 1. The smallest absolute Gasteiger partial charge is 0.312 e. The van der Waals surface area contributed by atoms with Crippen LogP contribution in [0.2, 0.25) is 5.02 Å². The van der Waals surface area contributed by atoms with Gasteiger partial charge in [0.25, 0.3) is 5.91 Å². The SMILES string of the molecule is NC(=O)NCc1ccc(C(=O)N2CCN(c3ccccc3Cl)CC2)cc1. The van der Waals surface area contributed by atoms with Crippen molar-refractivity contribution in [2.45, 2.75) is 6.54 Å². The first-order valence-corrected chi connectivity index (χ1v) is 8.83. The summed E-state index contributed by atoms with van der Waals surface area (Å²) in [6.07, 6.45) is 0. The van der Waals surface area contributed by atoms with E-state index in [4.69, 9.17) is 17.3 Å². The highest BCUT2D eigenvalue weighted by molar-refractivity contribution is 6.33. The lowest BCUT2D eigenvalue weighted by molar-refractivity contribution is 0.0746. The topological polar surface area (TPSA) is 78.7 Å². The molecule has 26 heavy (non-hydrogen) atoms. The van der Waals surface area contributed by atoms with Crippen LogP contribution in [0.15, 0.2) is 48.5 Å². The second-order valence-corrected chi connectivity index (χ2v) is 6.55. The van der Waals surface area contributed by atoms with Crippen LogP contribution < -0.4 is 16.0 Å². The van der Waals surface area contributed by atoms with Crippen molar-refractivity contribution in [2.75, 3.05) is 31.1 Å². The number of hydrogen-bond donors (Lipinski definition) is 2. The highest BCUT2D eigenvalue weighted by atomic mass is 35.5. The molecule has 1 heterocycles. The molecule has 1 saturated heterocycles. The van der Waals surface area contributed by atoms with E-state index in [1.165, 1.54) is 0 Å². The van der Waals surface area contributed by atoms with E-state index in [0.29, 0.717) is 25.2 Å². The van der Waals surface area contributed by atoms with Gasteiger partial charge in [-0.3, -0.25) is 4.79 Å². The van der Waals surface area contributed by atoms with Gasteiger partial charge < -0.3 is 20.9 Å². The summed E-state index contributed by atoms with van der Waals surface area (Å²) in [5.41, 5.74) is 7.59. The molecular weight excluding hydrogens is 352 g/mol. The Morgan fingerprint density at radius 3 is 2.27 bits per heavy atom. The Hall–Kier alpha value is -2.73. The lowest BCUT2D eigenvalue weighted by Crippen LogP contribution is -2.48. The Bertz CT molecular complexity index is 786. The van der Waals surface area contributed by atoms with Gasteiger partial charge in [0.15, 0.2) is 0 Å². The molecule has 0 spiro atoms. The molecule has 0 radical (unpaired) electrons. The van der Waals surface area contributed by atoms with Crippen LogP contribution in [0.4, 0.5) is 10.5 Å². The van der Waals surface area contributed by atoms with Crippen molar-refractivity contribution in [3.05, 3.63) is 64.7 Å². The van der Waals surface area contributed by atoms with Crippen molar-refractivity contribution < 1.29 is 9.59 Å². The van der Waals surface area contributed by atoms with Gasteiger partial charge in [0, 0.05) is 38.3 Å². The van der Waals surface area contributed by atoms with Gasteiger partial charge in [-0.1, -0.05) is 35.9 Å². The number of halogens is 1. The molecule has 0 atom stereocenters. The average Bonchev–Trinajstić information content (AvgIpc) is 2.67. The van der Waals surface area contributed by atoms with Crippen LogP contribution in [0.1, 0.15) is 15.9 Å². The number of amides is 3. The number of piperazine rings is 1. The molecule has 0 unspecified atom stereocenters. The van der Waals surface area contributed by atoms with Gasteiger partial charge in [-0.05, 0) is 29.8 Å². The Morgan fingerprint density at radius 2 is 1.65 bits per heavy atom. The number of anilines is 1. The first-order valence-electron chi connectivity index (χ1n) is 8.45. The molecule has 1 aliphatic rings. The van der Waals surface area contributed by atoms with Crippen molar-refractivity contribution in [3.8, 4) is 0 Å². The van der Waals surface area contributed by atoms with Crippen LogP contribution >= 0.6 is 11.6 Å². The highest BCUT2D eigenvalue weighted by Crippen LogP contribution is 2.26. The molecule has 0 saturated carbocycles. The second-order valence-electron chi connectivity index (χ2n) is 6.15. The predicted octanol–water partition coefficient (Wildman–Crippen LogP) is 2.47. The normalized spacial score (nSPS) is 14.2. The summed E-state index contributed by atoms with van der Waals surface area (Å²) in [4.78, 5) is 27.5. The summed E-state index contributed by atoms with van der Waals surface area (Å²) in [5.74, 6) is 0.0122. The number of carbonyl (C=O) groups excluding carboxylic acids is 2. The molecule has 1 aliphatic heterocycles. The van der Waals surface area contributed by atoms with Crippen molar-refractivity contribution in [1.29, 1.82) is 0 Å². The van der Waals surface area contributed by atoms with Crippen LogP contribution in [0, 0.1) is 0 Å². The van der Waals surface area contributed by atoms with E-state index in [1.807, 2.05) is 41.3 Å². The molecule has 136 valence electrons. The Labute approximate surface area is 157 Å². The van der Waals surface area contributed by atoms with E-state index >= 15 is 0 Å². The summed E-state index contributed by atoms with van der Waals surface area (Å²) in [5, 5.41) is 3.26. The van der Waals surface area contributed by atoms with Crippen LogP contribution in [-0.2, 0) is 6.54 Å². The van der Waals surface area contributed by atoms with Crippen LogP contribution in [0.3, 0.4) is 0 Å². The number of carbonyl (C=O) groups is 2. The predicted molar refractivity (Wildman–Crippen MR) is 102 cm³/mol. The number of primary amides is 1. The molecule has 1 fully saturated rings. The lowest BCUT2D eigenvalue weighted by atomic mass is 10.1. The zero-order chi connectivity index (χ0) is 18.5. The minimum Gasteiger partial charge on any atom is -0.367 e. The van der Waals surface area contributed by atoms with Crippen LogP contribution in [-0.4, -0.2) is 43.0 Å². The zero-order valence-electron chi connectivity index (χ0n) is 14.3. The molecule has 2 aromatic rings. The monoisotopic (exact) mass is 372 g/mol. The molecule has 0 aromatic heterocycles. The minimum atomic E-state index is -0.568. The molecule has 7 heteroatoms. The number of urea groups is 1. The van der Waals surface area contributed by atoms with Gasteiger partial charge in [0.1, 0.15) is 0 Å². The van der Waals surface area contributed by atoms with Crippen molar-refractivity contribution >= 4 is 29.2 Å².